The van der Waals surface area contributed by atoms with E-state index in [1.807, 2.05) is 25.1 Å². The molecule has 3 aliphatic heterocycles. The Kier molecular flexibility index (Phi) is 7.73. The van der Waals surface area contributed by atoms with Gasteiger partial charge in [-0.05, 0) is 61.9 Å². The number of benzene rings is 2. The van der Waals surface area contributed by atoms with Gasteiger partial charge in [-0.25, -0.2) is 14.4 Å². The molecular formula is C29H33FN8O2. The number of ether oxygens (including phenoxy) is 2. The molecule has 40 heavy (non-hydrogen) atoms. The number of aryl methyl sites for hydroxylation is 1. The van der Waals surface area contributed by atoms with Crippen LogP contribution < -0.4 is 20.3 Å². The van der Waals surface area contributed by atoms with Gasteiger partial charge < -0.3 is 25.0 Å². The Balaban J connectivity index is 1.13. The van der Waals surface area contributed by atoms with Gasteiger partial charge in [0.25, 0.3) is 0 Å². The number of aromatic nitrogens is 3. The summed E-state index contributed by atoms with van der Waals surface area (Å²) >= 11 is 0. The number of hydrogen-bond donors (Lipinski definition) is 2. The predicted molar refractivity (Wildman–Crippen MR) is 150 cm³/mol. The summed E-state index contributed by atoms with van der Waals surface area (Å²) in [5.74, 6) is 1.24. The Bertz CT molecular complexity index is 1370. The molecule has 3 saturated heterocycles. The molecule has 0 aliphatic carbocycles. The number of hydrogen-bond acceptors (Lipinski definition) is 10. The van der Waals surface area contributed by atoms with Crippen molar-refractivity contribution in [2.45, 2.75) is 31.7 Å². The molecule has 1 aromatic heterocycles. The van der Waals surface area contributed by atoms with Gasteiger partial charge >= 0.3 is 0 Å². The molecule has 0 saturated carbocycles. The first kappa shape index (κ1) is 26.4. The minimum atomic E-state index is -1.12. The van der Waals surface area contributed by atoms with Crippen molar-refractivity contribution in [3.63, 3.8) is 0 Å². The molecule has 3 aromatic rings. The van der Waals surface area contributed by atoms with Gasteiger partial charge in [-0.2, -0.15) is 10.2 Å². The molecule has 208 valence electrons. The second-order valence-corrected chi connectivity index (χ2v) is 10.5. The van der Waals surface area contributed by atoms with Crippen molar-refractivity contribution in [1.29, 1.82) is 5.26 Å². The highest BCUT2D eigenvalue weighted by Gasteiger charge is 2.29. The first-order chi connectivity index (χ1) is 19.6. The lowest BCUT2D eigenvalue weighted by Gasteiger charge is -2.43. The molecule has 4 heterocycles. The third-order valence-electron chi connectivity index (χ3n) is 7.78. The predicted octanol–water partition coefficient (Wildman–Crippen LogP) is 3.06. The van der Waals surface area contributed by atoms with Crippen molar-refractivity contribution < 1.29 is 13.9 Å². The fraction of sp³-hybridized carbons (Fsp3) is 0.448. The summed E-state index contributed by atoms with van der Waals surface area (Å²) in [5.41, 5.74) is 3.78. The minimum absolute atomic E-state index is 0.251. The van der Waals surface area contributed by atoms with Crippen LogP contribution in [0.5, 0.6) is 5.75 Å². The monoisotopic (exact) mass is 544 g/mol. The second kappa shape index (κ2) is 11.7. The van der Waals surface area contributed by atoms with Crippen molar-refractivity contribution in [2.24, 2.45) is 0 Å². The molecule has 2 N–H and O–H groups in total. The fourth-order valence-electron chi connectivity index (χ4n) is 5.38. The van der Waals surface area contributed by atoms with Crippen molar-refractivity contribution in [2.75, 3.05) is 62.7 Å². The first-order valence-corrected chi connectivity index (χ1v) is 13.8. The minimum Gasteiger partial charge on any atom is -0.486 e. The third-order valence-corrected chi connectivity index (χ3v) is 7.78. The van der Waals surface area contributed by atoms with Crippen molar-refractivity contribution >= 4 is 17.3 Å². The molecule has 3 aliphatic rings. The molecule has 0 unspecified atom stereocenters. The summed E-state index contributed by atoms with van der Waals surface area (Å²) in [6, 6.07) is 14.6. The van der Waals surface area contributed by atoms with Crippen LogP contribution in [0.4, 0.5) is 21.7 Å². The molecular weight excluding hydrogens is 511 g/mol. The van der Waals surface area contributed by atoms with Crippen LogP contribution in [0.25, 0.3) is 11.4 Å². The molecule has 0 spiro atoms. The Morgan fingerprint density at radius 3 is 2.62 bits per heavy atom. The highest BCUT2D eigenvalue weighted by molar-refractivity contribution is 5.66. The topological polar surface area (TPSA) is 111 Å². The summed E-state index contributed by atoms with van der Waals surface area (Å²) in [6.07, 6.45) is 0.289. The van der Waals surface area contributed by atoms with Gasteiger partial charge in [0.05, 0.1) is 24.8 Å². The lowest BCUT2D eigenvalue weighted by Crippen LogP contribution is -2.56. The maximum absolute atomic E-state index is 14.3. The number of anilines is 3. The number of nitriles is 1. The number of nitrogens with one attached hydrogen (secondary N) is 2. The molecule has 0 radical (unpaired) electrons. The highest BCUT2D eigenvalue weighted by Crippen LogP contribution is 2.31. The van der Waals surface area contributed by atoms with Gasteiger partial charge in [0, 0.05) is 49.7 Å². The standard InChI is InChI=1S/C29H33FN8O2/c1-19-12-20(13-21(14-31)27(19)40-26-6-7-32-15-25(26)30)28-33-18-34-29(36-28)35-22-2-4-23(5-3-22)37-8-10-38(11-9-37)24-16-39-17-24/h2-5,12-13,18,24-26,32H,6-11,15-17H2,1H3,(H,33,34,35,36)/t25-,26-/m0/s1. The van der Waals surface area contributed by atoms with E-state index in [0.717, 1.165) is 50.6 Å². The zero-order chi connectivity index (χ0) is 27.5. The van der Waals surface area contributed by atoms with Gasteiger partial charge in [-0.15, -0.1) is 0 Å². The van der Waals surface area contributed by atoms with E-state index < -0.39 is 12.3 Å². The maximum atomic E-state index is 14.3. The van der Waals surface area contributed by atoms with Crippen LogP contribution in [0.15, 0.2) is 42.7 Å². The zero-order valence-electron chi connectivity index (χ0n) is 22.5. The zero-order valence-corrected chi connectivity index (χ0v) is 22.5. The molecule has 11 heteroatoms. The lowest BCUT2D eigenvalue weighted by atomic mass is 10.0. The molecule has 2 aromatic carbocycles. The van der Waals surface area contributed by atoms with Crippen LogP contribution in [0.2, 0.25) is 0 Å². The summed E-state index contributed by atoms with van der Waals surface area (Å²) in [5, 5.41) is 16.1. The second-order valence-electron chi connectivity index (χ2n) is 10.5. The van der Waals surface area contributed by atoms with Crippen LogP contribution in [-0.2, 0) is 4.74 Å². The number of nitrogens with zero attached hydrogens (tertiary/aromatic N) is 6. The average Bonchev–Trinajstić information content (AvgIpc) is 2.95. The molecule has 2 atom stereocenters. The van der Waals surface area contributed by atoms with E-state index in [4.69, 9.17) is 9.47 Å². The number of alkyl halides is 1. The molecule has 10 nitrogen and oxygen atoms in total. The summed E-state index contributed by atoms with van der Waals surface area (Å²) < 4.78 is 25.6. The largest absolute Gasteiger partial charge is 0.486 e. The average molecular weight is 545 g/mol. The van der Waals surface area contributed by atoms with Crippen molar-refractivity contribution in [3.05, 3.63) is 53.9 Å². The van der Waals surface area contributed by atoms with Crippen LogP contribution in [0, 0.1) is 18.3 Å². The molecule has 0 bridgehead atoms. The smallest absolute Gasteiger partial charge is 0.230 e. The number of piperazine rings is 1. The lowest BCUT2D eigenvalue weighted by molar-refractivity contribution is -0.0660. The van der Waals surface area contributed by atoms with Crippen LogP contribution in [-0.4, -0.2) is 90.7 Å². The summed E-state index contributed by atoms with van der Waals surface area (Å²) in [7, 11) is 0. The normalized spacial score (nSPS) is 21.9. The first-order valence-electron chi connectivity index (χ1n) is 13.8. The molecule has 0 amide bonds. The van der Waals surface area contributed by atoms with Gasteiger partial charge in [-0.1, -0.05) is 0 Å². The molecule has 3 fully saturated rings. The van der Waals surface area contributed by atoms with E-state index in [2.05, 4.69) is 53.6 Å². The van der Waals surface area contributed by atoms with Gasteiger partial charge in [0.2, 0.25) is 5.95 Å². The van der Waals surface area contributed by atoms with Crippen LogP contribution in [0.3, 0.4) is 0 Å². The Hall–Kier alpha value is -3.85. The quantitative estimate of drug-likeness (QED) is 0.460. The third kappa shape index (κ3) is 5.70. The number of halogens is 1. The van der Waals surface area contributed by atoms with Crippen LogP contribution >= 0.6 is 0 Å². The Labute approximate surface area is 233 Å². The van der Waals surface area contributed by atoms with Gasteiger partial charge in [0.1, 0.15) is 30.4 Å². The fourth-order valence-corrected chi connectivity index (χ4v) is 5.38. The van der Waals surface area contributed by atoms with E-state index in [1.165, 1.54) is 12.0 Å². The Morgan fingerprint density at radius 1 is 1.12 bits per heavy atom. The Morgan fingerprint density at radius 2 is 1.93 bits per heavy atom. The molecule has 6 rings (SSSR count). The van der Waals surface area contributed by atoms with Crippen molar-refractivity contribution in [1.82, 2.24) is 25.2 Å². The maximum Gasteiger partial charge on any atom is 0.230 e. The van der Waals surface area contributed by atoms with E-state index in [9.17, 15) is 9.65 Å². The summed E-state index contributed by atoms with van der Waals surface area (Å²) in [4.78, 5) is 18.1. The van der Waals surface area contributed by atoms with Gasteiger partial charge in [0.15, 0.2) is 5.82 Å². The summed E-state index contributed by atoms with van der Waals surface area (Å²) in [6.45, 7) is 8.60. The highest BCUT2D eigenvalue weighted by atomic mass is 19.1. The van der Waals surface area contributed by atoms with E-state index in [-0.39, 0.29) is 6.54 Å². The van der Waals surface area contributed by atoms with Gasteiger partial charge in [-0.3, -0.25) is 4.90 Å². The van der Waals surface area contributed by atoms with E-state index >= 15 is 0 Å². The van der Waals surface area contributed by atoms with E-state index in [0.29, 0.717) is 47.7 Å². The SMILES string of the molecule is Cc1cc(-c2ncnc(Nc3ccc(N4CCN(C5COC5)CC4)cc3)n2)cc(C#N)c1O[C@H]1CCNC[C@@H]1F. The van der Waals surface area contributed by atoms with Crippen molar-refractivity contribution in [3.8, 4) is 23.2 Å². The number of rotatable bonds is 7. The van der Waals surface area contributed by atoms with E-state index in [1.54, 1.807) is 6.07 Å². The number of piperidine rings is 1. The van der Waals surface area contributed by atoms with Crippen LogP contribution in [0.1, 0.15) is 17.5 Å².